The number of amides is 1. The second-order valence-corrected chi connectivity index (χ2v) is 5.24. The average molecular weight is 325 g/mol. The zero-order chi connectivity index (χ0) is 17.0. The van der Waals surface area contributed by atoms with Crippen LogP contribution in [0.2, 0.25) is 0 Å². The fourth-order valence-electron chi connectivity index (χ4n) is 2.33. The zero-order valence-electron chi connectivity index (χ0n) is 12.5. The van der Waals surface area contributed by atoms with Gasteiger partial charge in [-0.15, -0.1) is 0 Å². The maximum absolute atomic E-state index is 11.3. The molecule has 126 valence electrons. The van der Waals surface area contributed by atoms with Gasteiger partial charge in [0.15, 0.2) is 0 Å². The average Bonchev–Trinajstić information content (AvgIpc) is 2.54. The third-order valence-electron chi connectivity index (χ3n) is 3.52. The summed E-state index contributed by atoms with van der Waals surface area (Å²) < 4.78 is 11.0. The summed E-state index contributed by atoms with van der Waals surface area (Å²) in [6.45, 7) is 0.738. The number of carbonyl (C=O) groups is 2. The molecule has 1 amide bonds. The summed E-state index contributed by atoms with van der Waals surface area (Å²) in [6, 6.07) is 5.11. The van der Waals surface area contributed by atoms with Crippen molar-refractivity contribution < 1.29 is 34.4 Å². The van der Waals surface area contributed by atoms with Gasteiger partial charge in [0.05, 0.1) is 6.61 Å². The van der Waals surface area contributed by atoms with Crippen molar-refractivity contribution in [3.63, 3.8) is 0 Å². The molecule has 1 aliphatic heterocycles. The molecule has 4 N–H and O–H groups in total. The van der Waals surface area contributed by atoms with E-state index in [0.717, 1.165) is 0 Å². The van der Waals surface area contributed by atoms with Gasteiger partial charge in [-0.2, -0.15) is 0 Å². The van der Waals surface area contributed by atoms with Gasteiger partial charge in [-0.3, -0.25) is 9.59 Å². The number of rotatable bonds is 5. The van der Waals surface area contributed by atoms with Crippen molar-refractivity contribution in [2.45, 2.75) is 37.6 Å². The Morgan fingerprint density at radius 3 is 2.48 bits per heavy atom. The first-order chi connectivity index (χ1) is 11.0. The SMILES string of the molecule is CC(=O)N[C@@H]1[C@@H](Oc2ccc(C=O)cc2)O[C@@H](CO)[C@H](O)[C@H]1O. The molecule has 5 atom stereocenters. The Morgan fingerprint density at radius 1 is 1.30 bits per heavy atom. The van der Waals surface area contributed by atoms with Crippen molar-refractivity contribution in [2.75, 3.05) is 6.61 Å². The summed E-state index contributed by atoms with van der Waals surface area (Å²) in [5, 5.41) is 31.7. The number of hydrogen-bond donors (Lipinski definition) is 4. The molecule has 0 unspecified atom stereocenters. The van der Waals surface area contributed by atoms with E-state index in [2.05, 4.69) is 5.32 Å². The second kappa shape index (κ2) is 7.51. The Bertz CT molecular complexity index is 547. The molecule has 0 aliphatic carbocycles. The van der Waals surface area contributed by atoms with Crippen LogP contribution in [0.3, 0.4) is 0 Å². The molecule has 0 bridgehead atoms. The van der Waals surface area contributed by atoms with Crippen LogP contribution in [0.1, 0.15) is 17.3 Å². The molecule has 1 fully saturated rings. The standard InChI is InChI=1S/C15H19NO7/c1-8(19)16-12-14(21)13(20)11(7-18)23-15(12)22-10-4-2-9(6-17)3-5-10/h2-6,11-15,18,20-21H,7H2,1H3,(H,16,19)/t11-,12-,13-,14-,15-/m0/s1. The molecule has 0 saturated carbocycles. The molecule has 1 aromatic rings. The van der Waals surface area contributed by atoms with E-state index in [1.807, 2.05) is 0 Å². The van der Waals surface area contributed by atoms with E-state index < -0.39 is 43.2 Å². The van der Waals surface area contributed by atoms with E-state index in [0.29, 0.717) is 17.6 Å². The summed E-state index contributed by atoms with van der Waals surface area (Å²) >= 11 is 0. The molecule has 23 heavy (non-hydrogen) atoms. The van der Waals surface area contributed by atoms with Crippen LogP contribution in [0.15, 0.2) is 24.3 Å². The van der Waals surface area contributed by atoms with Crippen LogP contribution in [-0.2, 0) is 9.53 Å². The number of benzene rings is 1. The van der Waals surface area contributed by atoms with E-state index in [4.69, 9.17) is 9.47 Å². The van der Waals surface area contributed by atoms with Crippen molar-refractivity contribution in [3.05, 3.63) is 29.8 Å². The lowest BCUT2D eigenvalue weighted by molar-refractivity contribution is -0.244. The first kappa shape index (κ1) is 17.4. The monoisotopic (exact) mass is 325 g/mol. The van der Waals surface area contributed by atoms with Crippen LogP contribution in [0, 0.1) is 0 Å². The van der Waals surface area contributed by atoms with Crippen molar-refractivity contribution in [2.24, 2.45) is 0 Å². The fourth-order valence-corrected chi connectivity index (χ4v) is 2.33. The molecule has 0 aromatic heterocycles. The molecule has 0 spiro atoms. The van der Waals surface area contributed by atoms with E-state index in [1.165, 1.54) is 31.2 Å². The van der Waals surface area contributed by atoms with Gasteiger partial charge in [0.1, 0.15) is 36.4 Å². The van der Waals surface area contributed by atoms with Crippen molar-refractivity contribution in [1.82, 2.24) is 5.32 Å². The van der Waals surface area contributed by atoms with Gasteiger partial charge in [-0.1, -0.05) is 0 Å². The van der Waals surface area contributed by atoms with Crippen molar-refractivity contribution in [3.8, 4) is 5.75 Å². The van der Waals surface area contributed by atoms with Gasteiger partial charge in [0, 0.05) is 12.5 Å². The van der Waals surface area contributed by atoms with Crippen molar-refractivity contribution in [1.29, 1.82) is 0 Å². The number of carbonyl (C=O) groups excluding carboxylic acids is 2. The first-order valence-corrected chi connectivity index (χ1v) is 7.07. The largest absolute Gasteiger partial charge is 0.463 e. The van der Waals surface area contributed by atoms with Crippen LogP contribution in [-0.4, -0.2) is 64.8 Å². The molecule has 0 radical (unpaired) electrons. The van der Waals surface area contributed by atoms with Gasteiger partial charge < -0.3 is 30.1 Å². The van der Waals surface area contributed by atoms with E-state index in [-0.39, 0.29) is 0 Å². The highest BCUT2D eigenvalue weighted by Crippen LogP contribution is 2.24. The Balaban J connectivity index is 2.19. The lowest BCUT2D eigenvalue weighted by Gasteiger charge is -2.42. The van der Waals surface area contributed by atoms with Crippen LogP contribution in [0.4, 0.5) is 0 Å². The highest BCUT2D eigenvalue weighted by atomic mass is 16.7. The van der Waals surface area contributed by atoms with E-state index in [9.17, 15) is 24.9 Å². The summed E-state index contributed by atoms with van der Waals surface area (Å²) in [5.41, 5.74) is 0.462. The van der Waals surface area contributed by atoms with Gasteiger partial charge >= 0.3 is 0 Å². The first-order valence-electron chi connectivity index (χ1n) is 7.07. The van der Waals surface area contributed by atoms with Gasteiger partial charge in [0.25, 0.3) is 0 Å². The quantitative estimate of drug-likeness (QED) is 0.502. The molecule has 8 heteroatoms. The summed E-state index contributed by atoms with van der Waals surface area (Å²) in [4.78, 5) is 21.9. The molecule has 1 saturated heterocycles. The minimum absolute atomic E-state index is 0.344. The second-order valence-electron chi connectivity index (χ2n) is 5.24. The van der Waals surface area contributed by atoms with E-state index in [1.54, 1.807) is 0 Å². The molecular formula is C15H19NO7. The highest BCUT2D eigenvalue weighted by Gasteiger charge is 2.46. The normalized spacial score (nSPS) is 30.5. The molecule has 1 aromatic carbocycles. The predicted octanol–water partition coefficient (Wildman–Crippen LogP) is -1.18. The third-order valence-corrected chi connectivity index (χ3v) is 3.52. The summed E-state index contributed by atoms with van der Waals surface area (Å²) in [5.74, 6) is -0.0894. The lowest BCUT2D eigenvalue weighted by atomic mass is 9.97. The Kier molecular flexibility index (Phi) is 5.67. The topological polar surface area (TPSA) is 125 Å². The number of aliphatic hydroxyl groups is 3. The minimum atomic E-state index is -1.37. The third kappa shape index (κ3) is 4.05. The van der Waals surface area contributed by atoms with Crippen LogP contribution < -0.4 is 10.1 Å². The number of nitrogens with one attached hydrogen (secondary N) is 1. The maximum atomic E-state index is 11.3. The number of aliphatic hydroxyl groups excluding tert-OH is 3. The number of ether oxygens (including phenoxy) is 2. The van der Waals surface area contributed by atoms with Crippen LogP contribution in [0.5, 0.6) is 5.75 Å². The Morgan fingerprint density at radius 2 is 1.96 bits per heavy atom. The fraction of sp³-hybridized carbons (Fsp3) is 0.467. The van der Waals surface area contributed by atoms with Gasteiger partial charge in [0.2, 0.25) is 12.2 Å². The molecular weight excluding hydrogens is 306 g/mol. The highest BCUT2D eigenvalue weighted by molar-refractivity contribution is 5.75. The number of aldehydes is 1. The minimum Gasteiger partial charge on any atom is -0.463 e. The van der Waals surface area contributed by atoms with Crippen molar-refractivity contribution >= 4 is 12.2 Å². The summed E-state index contributed by atoms with van der Waals surface area (Å²) in [7, 11) is 0. The summed E-state index contributed by atoms with van der Waals surface area (Å²) in [6.07, 6.45) is -4.22. The molecule has 8 nitrogen and oxygen atoms in total. The van der Waals surface area contributed by atoms with Crippen LogP contribution in [0.25, 0.3) is 0 Å². The Labute approximate surface area is 132 Å². The molecule has 2 rings (SSSR count). The number of hydrogen-bond acceptors (Lipinski definition) is 7. The van der Waals surface area contributed by atoms with Gasteiger partial charge in [-0.05, 0) is 24.3 Å². The smallest absolute Gasteiger partial charge is 0.223 e. The maximum Gasteiger partial charge on any atom is 0.223 e. The molecule has 1 heterocycles. The predicted molar refractivity (Wildman–Crippen MR) is 77.8 cm³/mol. The Hall–Kier alpha value is -2.00. The van der Waals surface area contributed by atoms with E-state index >= 15 is 0 Å². The van der Waals surface area contributed by atoms with Crippen LogP contribution >= 0.6 is 0 Å². The zero-order valence-corrected chi connectivity index (χ0v) is 12.5. The lowest BCUT2D eigenvalue weighted by Crippen LogP contribution is -2.65. The van der Waals surface area contributed by atoms with Gasteiger partial charge in [-0.25, -0.2) is 0 Å². The molecule has 1 aliphatic rings.